The van der Waals surface area contributed by atoms with Crippen molar-refractivity contribution >= 4 is 15.9 Å². The van der Waals surface area contributed by atoms with Gasteiger partial charge in [0, 0.05) is 25.7 Å². The smallest absolute Gasteiger partial charge is 0.248 e. The monoisotopic (exact) mass is 322 g/mol. The van der Waals surface area contributed by atoms with Crippen LogP contribution in [0.25, 0.3) is 0 Å². The Morgan fingerprint density at radius 2 is 1.77 bits per heavy atom. The number of carbonyl (C=O) groups excluding carboxylic acids is 1. The van der Waals surface area contributed by atoms with Gasteiger partial charge in [0.25, 0.3) is 0 Å². The predicted molar refractivity (Wildman–Crippen MR) is 86.1 cm³/mol. The van der Waals surface area contributed by atoms with Gasteiger partial charge in [-0.15, -0.1) is 0 Å². The highest BCUT2D eigenvalue weighted by molar-refractivity contribution is 7.89. The molecule has 1 aliphatic heterocycles. The van der Waals surface area contributed by atoms with Crippen molar-refractivity contribution in [2.24, 2.45) is 0 Å². The molecule has 1 aliphatic rings. The van der Waals surface area contributed by atoms with Crippen LogP contribution in [0.3, 0.4) is 0 Å². The normalized spacial score (nSPS) is 16.5. The van der Waals surface area contributed by atoms with Gasteiger partial charge >= 0.3 is 0 Å². The summed E-state index contributed by atoms with van der Waals surface area (Å²) in [5.74, 6) is -0.235. The molecule has 22 heavy (non-hydrogen) atoms. The fourth-order valence-electron chi connectivity index (χ4n) is 2.32. The summed E-state index contributed by atoms with van der Waals surface area (Å²) in [5, 5.41) is 2.51. The van der Waals surface area contributed by atoms with Gasteiger partial charge in [-0.3, -0.25) is 4.79 Å². The summed E-state index contributed by atoms with van der Waals surface area (Å²) in [5.41, 5.74) is 1.54. The summed E-state index contributed by atoms with van der Waals surface area (Å²) in [6, 6.07) is 6.95. The van der Waals surface area contributed by atoms with Crippen molar-refractivity contribution in [3.8, 4) is 0 Å². The number of nitrogens with zero attached hydrogens (tertiary/aromatic N) is 1. The minimum absolute atomic E-state index is 0.0239. The molecule has 0 atom stereocenters. The maximum absolute atomic E-state index is 12.6. The van der Waals surface area contributed by atoms with Gasteiger partial charge in [0.1, 0.15) is 0 Å². The van der Waals surface area contributed by atoms with Crippen LogP contribution in [0.5, 0.6) is 0 Å². The number of amides is 1. The largest absolute Gasteiger partial charge is 0.355 e. The fourth-order valence-corrected chi connectivity index (χ4v) is 3.67. The number of carbonyl (C=O) groups is 1. The Balaban J connectivity index is 2.20. The average molecular weight is 322 g/mol. The highest BCUT2D eigenvalue weighted by atomic mass is 32.2. The minimum Gasteiger partial charge on any atom is -0.355 e. The van der Waals surface area contributed by atoms with E-state index in [1.165, 1.54) is 11.4 Å². The van der Waals surface area contributed by atoms with Crippen molar-refractivity contribution in [3.05, 3.63) is 41.5 Å². The molecule has 1 amide bonds. The Bertz CT molecular complexity index is 698. The molecule has 5 nitrogen and oxygen atoms in total. The zero-order valence-electron chi connectivity index (χ0n) is 13.4. The molecular formula is C16H22N2O3S. The summed E-state index contributed by atoms with van der Waals surface area (Å²) >= 11 is 0. The van der Waals surface area contributed by atoms with Gasteiger partial charge < -0.3 is 5.32 Å². The van der Waals surface area contributed by atoms with E-state index < -0.39 is 10.0 Å². The second-order valence-corrected chi connectivity index (χ2v) is 8.32. The first-order chi connectivity index (χ1) is 10.2. The summed E-state index contributed by atoms with van der Waals surface area (Å²) in [4.78, 5) is 11.8. The molecule has 1 heterocycles. The molecular weight excluding hydrogens is 300 g/mol. The number of nitrogens with one attached hydrogen (secondary N) is 1. The molecule has 0 aromatic heterocycles. The lowest BCUT2D eigenvalue weighted by Gasteiger charge is -2.20. The number of hydrogen-bond acceptors (Lipinski definition) is 3. The topological polar surface area (TPSA) is 66.5 Å². The van der Waals surface area contributed by atoms with Crippen LogP contribution in [0.4, 0.5) is 0 Å². The first-order valence-corrected chi connectivity index (χ1v) is 8.62. The fraction of sp³-hybridized carbons (Fsp3) is 0.438. The van der Waals surface area contributed by atoms with Crippen molar-refractivity contribution in [1.29, 1.82) is 0 Å². The van der Waals surface area contributed by atoms with Crippen LogP contribution in [0.1, 0.15) is 26.3 Å². The second-order valence-electron chi connectivity index (χ2n) is 6.38. The number of benzene rings is 1. The Morgan fingerprint density at radius 3 is 2.27 bits per heavy atom. The maximum atomic E-state index is 12.6. The van der Waals surface area contributed by atoms with Crippen LogP contribution in [-0.2, 0) is 20.2 Å². The van der Waals surface area contributed by atoms with E-state index in [1.54, 1.807) is 18.2 Å². The molecule has 0 unspecified atom stereocenters. The number of hydrogen-bond donors (Lipinski definition) is 1. The van der Waals surface area contributed by atoms with Crippen LogP contribution in [-0.4, -0.2) is 38.8 Å². The highest BCUT2D eigenvalue weighted by Gasteiger charge is 2.30. The third-order valence-electron chi connectivity index (χ3n) is 3.76. The molecule has 0 radical (unpaired) electrons. The summed E-state index contributed by atoms with van der Waals surface area (Å²) in [6.07, 6.45) is 1.65. The lowest BCUT2D eigenvalue weighted by Crippen LogP contribution is -2.31. The van der Waals surface area contributed by atoms with Crippen molar-refractivity contribution in [3.63, 3.8) is 0 Å². The van der Waals surface area contributed by atoms with Gasteiger partial charge in [0.15, 0.2) is 0 Å². The van der Waals surface area contributed by atoms with Gasteiger partial charge in [-0.25, -0.2) is 8.42 Å². The molecule has 2 rings (SSSR count). The highest BCUT2D eigenvalue weighted by Crippen LogP contribution is 2.26. The third-order valence-corrected chi connectivity index (χ3v) is 5.59. The molecule has 1 N–H and O–H groups in total. The number of likely N-dealkylation sites (N-methyl/N-ethyl adjacent to an activating group) is 1. The molecule has 0 aliphatic carbocycles. The first kappa shape index (κ1) is 16.7. The maximum Gasteiger partial charge on any atom is 0.248 e. The zero-order chi connectivity index (χ0) is 16.5. The van der Waals surface area contributed by atoms with Gasteiger partial charge in [0.05, 0.1) is 4.90 Å². The molecule has 1 aromatic carbocycles. The number of sulfonamides is 1. The summed E-state index contributed by atoms with van der Waals surface area (Å²) < 4.78 is 26.5. The van der Waals surface area contributed by atoms with Crippen molar-refractivity contribution < 1.29 is 13.2 Å². The number of rotatable bonds is 3. The predicted octanol–water partition coefficient (Wildman–Crippen LogP) is 1.66. The van der Waals surface area contributed by atoms with Gasteiger partial charge in [-0.1, -0.05) is 39.0 Å². The van der Waals surface area contributed by atoms with Crippen LogP contribution >= 0.6 is 0 Å². The van der Waals surface area contributed by atoms with E-state index in [0.29, 0.717) is 5.57 Å². The van der Waals surface area contributed by atoms with Crippen LogP contribution < -0.4 is 5.32 Å². The Hall–Kier alpha value is -1.66. The van der Waals surface area contributed by atoms with E-state index in [4.69, 9.17) is 0 Å². The van der Waals surface area contributed by atoms with Crippen molar-refractivity contribution in [2.45, 2.75) is 31.1 Å². The van der Waals surface area contributed by atoms with Crippen LogP contribution in [0.15, 0.2) is 40.8 Å². The lowest BCUT2D eigenvalue weighted by molar-refractivity contribution is -0.117. The molecule has 0 fully saturated rings. The lowest BCUT2D eigenvalue weighted by atomic mass is 9.87. The third kappa shape index (κ3) is 3.23. The van der Waals surface area contributed by atoms with Crippen LogP contribution in [0.2, 0.25) is 0 Å². The summed E-state index contributed by atoms with van der Waals surface area (Å²) in [6.45, 7) is 6.58. The molecule has 0 spiro atoms. The molecule has 120 valence electrons. The SMILES string of the molecule is CNC(=O)C1=CCN(S(=O)(=O)c2ccc(C(C)(C)C)cc2)C1. The van der Waals surface area contributed by atoms with E-state index in [0.717, 1.165) is 5.56 Å². The standard InChI is InChI=1S/C16H22N2O3S/c1-16(2,3)13-5-7-14(8-6-13)22(20,21)18-10-9-12(11-18)15(19)17-4/h5-9H,10-11H2,1-4H3,(H,17,19). The molecule has 6 heteroatoms. The van der Waals surface area contributed by atoms with Gasteiger partial charge in [-0.05, 0) is 23.1 Å². The van der Waals surface area contributed by atoms with E-state index in [1.807, 2.05) is 12.1 Å². The van der Waals surface area contributed by atoms with Crippen LogP contribution in [0, 0.1) is 0 Å². The molecule has 0 saturated heterocycles. The second kappa shape index (κ2) is 5.85. The molecule has 1 aromatic rings. The van der Waals surface area contributed by atoms with E-state index in [-0.39, 0.29) is 29.3 Å². The van der Waals surface area contributed by atoms with Crippen molar-refractivity contribution in [2.75, 3.05) is 20.1 Å². The summed E-state index contributed by atoms with van der Waals surface area (Å²) in [7, 11) is -2.04. The van der Waals surface area contributed by atoms with E-state index in [2.05, 4.69) is 26.1 Å². The zero-order valence-corrected chi connectivity index (χ0v) is 14.2. The Labute approximate surface area is 132 Å². The van der Waals surface area contributed by atoms with Crippen molar-refractivity contribution in [1.82, 2.24) is 9.62 Å². The molecule has 0 saturated carbocycles. The van der Waals surface area contributed by atoms with E-state index >= 15 is 0 Å². The molecule has 0 bridgehead atoms. The average Bonchev–Trinajstić information content (AvgIpc) is 2.96. The van der Waals surface area contributed by atoms with Gasteiger partial charge in [-0.2, -0.15) is 4.31 Å². The quantitative estimate of drug-likeness (QED) is 0.920. The Morgan fingerprint density at radius 1 is 1.18 bits per heavy atom. The Kier molecular flexibility index (Phi) is 4.44. The van der Waals surface area contributed by atoms with E-state index in [9.17, 15) is 13.2 Å². The van der Waals surface area contributed by atoms with Gasteiger partial charge in [0.2, 0.25) is 15.9 Å². The minimum atomic E-state index is -3.57. The first-order valence-electron chi connectivity index (χ1n) is 7.18.